The van der Waals surface area contributed by atoms with Crippen LogP contribution in [0.1, 0.15) is 15.9 Å². The molecule has 0 atom stereocenters. The highest BCUT2D eigenvalue weighted by Crippen LogP contribution is 2.19. The van der Waals surface area contributed by atoms with E-state index in [-0.39, 0.29) is 5.78 Å². The number of hydrogen-bond acceptors (Lipinski definition) is 3. The van der Waals surface area contributed by atoms with Crippen LogP contribution in [0.25, 0.3) is 16.5 Å². The molecule has 0 heterocycles. The molecule has 0 unspecified atom stereocenters. The predicted octanol–water partition coefficient (Wildman–Crippen LogP) is 4.53. The third kappa shape index (κ3) is 3.72. The summed E-state index contributed by atoms with van der Waals surface area (Å²) in [5.41, 5.74) is 10.2. The third-order valence-electron chi connectivity index (χ3n) is 2.87. The van der Waals surface area contributed by atoms with Crippen molar-refractivity contribution in [2.24, 2.45) is 5.11 Å². The second-order valence-corrected chi connectivity index (χ2v) is 4.18. The largest absolute Gasteiger partial charge is 0.496 e. The maximum Gasteiger partial charge on any atom is 0.185 e. The van der Waals surface area contributed by atoms with Crippen LogP contribution in [0.15, 0.2) is 59.7 Å². The smallest absolute Gasteiger partial charge is 0.185 e. The van der Waals surface area contributed by atoms with Crippen LogP contribution in [0.5, 0.6) is 5.75 Å². The van der Waals surface area contributed by atoms with E-state index in [9.17, 15) is 4.79 Å². The normalized spacial score (nSPS) is 10.1. The molecule has 0 fully saturated rings. The summed E-state index contributed by atoms with van der Waals surface area (Å²) in [6.07, 6.45) is 3.20. The molecule has 0 N–H and O–H groups in total. The van der Waals surface area contributed by atoms with Gasteiger partial charge in [-0.25, -0.2) is 0 Å². The van der Waals surface area contributed by atoms with Crippen LogP contribution in [0, 0.1) is 0 Å². The highest BCUT2D eigenvalue weighted by molar-refractivity contribution is 6.07. The van der Waals surface area contributed by atoms with Gasteiger partial charge in [0, 0.05) is 21.7 Å². The maximum atomic E-state index is 12.1. The molecule has 2 aromatic carbocycles. The van der Waals surface area contributed by atoms with Gasteiger partial charge in [0.25, 0.3) is 0 Å². The lowest BCUT2D eigenvalue weighted by Crippen LogP contribution is -1.93. The molecule has 0 amide bonds. The van der Waals surface area contributed by atoms with Crippen LogP contribution < -0.4 is 4.74 Å². The minimum Gasteiger partial charge on any atom is -0.496 e. The monoisotopic (exact) mass is 279 g/mol. The average molecular weight is 279 g/mol. The van der Waals surface area contributed by atoms with Crippen molar-refractivity contribution in [2.75, 3.05) is 7.11 Å². The van der Waals surface area contributed by atoms with Crippen molar-refractivity contribution < 1.29 is 9.53 Å². The Bertz CT molecular complexity index is 715. The van der Waals surface area contributed by atoms with Crippen molar-refractivity contribution in [3.8, 4) is 5.75 Å². The van der Waals surface area contributed by atoms with Gasteiger partial charge in [-0.1, -0.05) is 47.6 Å². The van der Waals surface area contributed by atoms with Crippen LogP contribution in [0.2, 0.25) is 0 Å². The number of benzene rings is 2. The maximum absolute atomic E-state index is 12.1. The van der Waals surface area contributed by atoms with Crippen LogP contribution >= 0.6 is 0 Å². The van der Waals surface area contributed by atoms with E-state index >= 15 is 0 Å². The molecule has 5 heteroatoms. The number of allylic oxidation sites excluding steroid dienone is 1. The summed E-state index contributed by atoms with van der Waals surface area (Å²) < 4.78 is 5.22. The molecule has 0 saturated heterocycles. The summed E-state index contributed by atoms with van der Waals surface area (Å²) in [5, 5.41) is 3.46. The summed E-state index contributed by atoms with van der Waals surface area (Å²) in [6, 6.07) is 13.9. The molecule has 0 radical (unpaired) electrons. The second kappa shape index (κ2) is 6.93. The van der Waals surface area contributed by atoms with Gasteiger partial charge >= 0.3 is 0 Å². The zero-order valence-corrected chi connectivity index (χ0v) is 11.4. The Balaban J connectivity index is 2.17. The minimum absolute atomic E-state index is 0.131. The molecular weight excluding hydrogens is 266 g/mol. The quantitative estimate of drug-likeness (QED) is 0.265. The number of hydrogen-bond donors (Lipinski definition) is 0. The zero-order chi connectivity index (χ0) is 15.1. The number of azide groups is 1. The van der Waals surface area contributed by atoms with Gasteiger partial charge in [-0.05, 0) is 23.7 Å². The van der Waals surface area contributed by atoms with E-state index in [1.54, 1.807) is 37.5 Å². The molecule has 0 spiro atoms. The van der Waals surface area contributed by atoms with Crippen LogP contribution in [0.3, 0.4) is 0 Å². The molecule has 0 aliphatic carbocycles. The molecule has 0 aromatic heterocycles. The standard InChI is InChI=1S/C16H13N3O2/c1-21-16-5-3-2-4-13(16)8-11-15(20)12-6-9-14(10-7-12)18-19-17/h2-11H,1H3/b11-8+. The van der Waals surface area contributed by atoms with Gasteiger partial charge in [0.1, 0.15) is 5.75 Å². The SMILES string of the molecule is COc1ccccc1/C=C/C(=O)c1ccc(N=[N+]=[N-])cc1. The van der Waals surface area contributed by atoms with Gasteiger partial charge in [0.2, 0.25) is 0 Å². The Kier molecular flexibility index (Phi) is 4.75. The van der Waals surface area contributed by atoms with Crippen LogP contribution in [-0.4, -0.2) is 12.9 Å². The number of para-hydroxylation sites is 1. The molecule has 21 heavy (non-hydrogen) atoms. The average Bonchev–Trinajstić information content (AvgIpc) is 2.54. The number of rotatable bonds is 5. The highest BCUT2D eigenvalue weighted by atomic mass is 16.5. The molecule has 2 rings (SSSR count). The number of methoxy groups -OCH3 is 1. The van der Waals surface area contributed by atoms with E-state index < -0.39 is 0 Å². The first-order valence-corrected chi connectivity index (χ1v) is 6.25. The summed E-state index contributed by atoms with van der Waals surface area (Å²) >= 11 is 0. The molecule has 0 aliphatic rings. The Labute approximate surface area is 122 Å². The number of carbonyl (C=O) groups excluding carboxylic acids is 1. The molecule has 0 bridgehead atoms. The van der Waals surface area contributed by atoms with Gasteiger partial charge in [0.15, 0.2) is 5.78 Å². The fourth-order valence-electron chi connectivity index (χ4n) is 1.81. The van der Waals surface area contributed by atoms with Crippen LogP contribution in [0.4, 0.5) is 5.69 Å². The highest BCUT2D eigenvalue weighted by Gasteiger charge is 2.02. The Morgan fingerprint density at radius 1 is 1.19 bits per heavy atom. The topological polar surface area (TPSA) is 75.1 Å². The number of carbonyl (C=O) groups is 1. The predicted molar refractivity (Wildman–Crippen MR) is 81.6 cm³/mol. The van der Waals surface area contributed by atoms with Gasteiger partial charge < -0.3 is 4.74 Å². The second-order valence-electron chi connectivity index (χ2n) is 4.18. The Morgan fingerprint density at radius 2 is 1.90 bits per heavy atom. The van der Waals surface area contributed by atoms with Gasteiger partial charge in [-0.3, -0.25) is 4.79 Å². The molecule has 0 aliphatic heterocycles. The van der Waals surface area contributed by atoms with E-state index in [2.05, 4.69) is 10.0 Å². The van der Waals surface area contributed by atoms with Crippen molar-refractivity contribution in [1.82, 2.24) is 0 Å². The lowest BCUT2D eigenvalue weighted by atomic mass is 10.1. The minimum atomic E-state index is -0.131. The first kappa shape index (κ1) is 14.4. The van der Waals surface area contributed by atoms with Crippen LogP contribution in [-0.2, 0) is 0 Å². The summed E-state index contributed by atoms with van der Waals surface area (Å²) in [5.74, 6) is 0.577. The van der Waals surface area contributed by atoms with E-state index in [0.29, 0.717) is 17.0 Å². The van der Waals surface area contributed by atoms with Crippen molar-refractivity contribution in [3.63, 3.8) is 0 Å². The zero-order valence-electron chi connectivity index (χ0n) is 11.4. The molecular formula is C16H13N3O2. The van der Waals surface area contributed by atoms with Gasteiger partial charge in [-0.15, -0.1) is 0 Å². The summed E-state index contributed by atoms with van der Waals surface area (Å²) in [7, 11) is 1.59. The van der Waals surface area contributed by atoms with E-state index in [0.717, 1.165) is 5.56 Å². The van der Waals surface area contributed by atoms with Gasteiger partial charge in [0.05, 0.1) is 7.11 Å². The number of nitrogens with zero attached hydrogens (tertiary/aromatic N) is 3. The van der Waals surface area contributed by atoms with E-state index in [1.807, 2.05) is 24.3 Å². The fraction of sp³-hybridized carbons (Fsp3) is 0.0625. The summed E-state index contributed by atoms with van der Waals surface area (Å²) in [6.45, 7) is 0. The molecule has 104 valence electrons. The van der Waals surface area contributed by atoms with Gasteiger partial charge in [-0.2, -0.15) is 0 Å². The van der Waals surface area contributed by atoms with Crippen molar-refractivity contribution in [2.45, 2.75) is 0 Å². The van der Waals surface area contributed by atoms with E-state index in [1.165, 1.54) is 6.08 Å². The lowest BCUT2D eigenvalue weighted by Gasteiger charge is -2.03. The number of ketones is 1. The van der Waals surface area contributed by atoms with Crippen molar-refractivity contribution in [3.05, 3.63) is 76.2 Å². The third-order valence-corrected chi connectivity index (χ3v) is 2.87. The fourth-order valence-corrected chi connectivity index (χ4v) is 1.81. The van der Waals surface area contributed by atoms with Crippen molar-refractivity contribution >= 4 is 17.5 Å². The summed E-state index contributed by atoms with van der Waals surface area (Å²) in [4.78, 5) is 14.7. The first-order chi connectivity index (χ1) is 10.2. The molecule has 0 saturated carbocycles. The Morgan fingerprint density at radius 3 is 2.57 bits per heavy atom. The number of ether oxygens (including phenoxy) is 1. The Hall–Kier alpha value is -3.04. The lowest BCUT2D eigenvalue weighted by molar-refractivity contribution is 0.104. The van der Waals surface area contributed by atoms with E-state index in [4.69, 9.17) is 10.3 Å². The molecule has 5 nitrogen and oxygen atoms in total. The van der Waals surface area contributed by atoms with Crippen molar-refractivity contribution in [1.29, 1.82) is 0 Å². The molecule has 2 aromatic rings. The first-order valence-electron chi connectivity index (χ1n) is 6.25.